The van der Waals surface area contributed by atoms with E-state index >= 15 is 0 Å². The molecule has 0 bridgehead atoms. The van der Waals surface area contributed by atoms with Crippen molar-refractivity contribution in [3.8, 4) is 0 Å². The zero-order valence-corrected chi connectivity index (χ0v) is 18.2. The van der Waals surface area contributed by atoms with E-state index in [9.17, 15) is 0 Å². The summed E-state index contributed by atoms with van der Waals surface area (Å²) in [5.74, 6) is 0. The number of nitrogens with zero attached hydrogens (tertiary/aromatic N) is 2. The van der Waals surface area contributed by atoms with E-state index < -0.39 is 0 Å². The van der Waals surface area contributed by atoms with Crippen molar-refractivity contribution in [1.82, 2.24) is 4.98 Å². The summed E-state index contributed by atoms with van der Waals surface area (Å²) in [4.78, 5) is 6.02. The van der Waals surface area contributed by atoms with Crippen molar-refractivity contribution in [2.45, 2.75) is 12.8 Å². The third kappa shape index (κ3) is 3.41. The van der Waals surface area contributed by atoms with E-state index in [0.717, 1.165) is 18.8 Å². The summed E-state index contributed by atoms with van der Waals surface area (Å²) in [7, 11) is 2.15. The number of aryl methyl sites for hydroxylation is 1. The lowest BCUT2D eigenvalue weighted by Crippen LogP contribution is -3.00. The zero-order valence-electron chi connectivity index (χ0n) is 16.0. The van der Waals surface area contributed by atoms with Crippen molar-refractivity contribution in [3.05, 3.63) is 72.1 Å². The van der Waals surface area contributed by atoms with Crippen LogP contribution in [-0.4, -0.2) is 18.1 Å². The minimum absolute atomic E-state index is 0. The molecule has 0 amide bonds. The standard InChI is InChI=1S/C24H23N3.HI/c1-26-20(13-12-19-16-18-8-2-4-10-22(18)25-19)17-24(27-14-6-7-15-27)21-9-3-5-11-23(21)26;/h2-5,8-13,16-17H,6-7,14-15H2,1H3;1H. The fourth-order valence-corrected chi connectivity index (χ4v) is 4.18. The SMILES string of the molecule is C[n+]1c(/C=C/c2cc3ccccc3[nH]2)cc(N2CCCC2)c2ccccc21.[I-]. The Hall–Kier alpha value is -2.34. The molecule has 1 N–H and O–H groups in total. The fraction of sp³-hybridized carbons (Fsp3) is 0.208. The van der Waals surface area contributed by atoms with Gasteiger partial charge in [0, 0.05) is 42.5 Å². The Kier molecular flexibility index (Phi) is 5.40. The van der Waals surface area contributed by atoms with Gasteiger partial charge in [0.25, 0.3) is 0 Å². The average Bonchev–Trinajstić information content (AvgIpc) is 3.37. The summed E-state index contributed by atoms with van der Waals surface area (Å²) in [6.07, 6.45) is 6.97. The number of hydrogen-bond acceptors (Lipinski definition) is 1. The molecule has 1 aliphatic heterocycles. The van der Waals surface area contributed by atoms with Gasteiger partial charge in [-0.2, -0.15) is 4.57 Å². The van der Waals surface area contributed by atoms with Gasteiger partial charge in [0.15, 0.2) is 0 Å². The Balaban J connectivity index is 0.00000192. The summed E-state index contributed by atoms with van der Waals surface area (Å²) in [6, 6.07) is 21.7. The van der Waals surface area contributed by atoms with Gasteiger partial charge in [-0.15, -0.1) is 0 Å². The molecule has 0 spiro atoms. The van der Waals surface area contributed by atoms with E-state index in [4.69, 9.17) is 0 Å². The van der Waals surface area contributed by atoms with Gasteiger partial charge in [-0.3, -0.25) is 0 Å². The number of pyridine rings is 1. The van der Waals surface area contributed by atoms with Crippen LogP contribution in [0.2, 0.25) is 0 Å². The Morgan fingerprint density at radius 2 is 1.68 bits per heavy atom. The molecule has 28 heavy (non-hydrogen) atoms. The van der Waals surface area contributed by atoms with Crippen molar-refractivity contribution < 1.29 is 28.5 Å². The molecule has 3 nitrogen and oxygen atoms in total. The first kappa shape index (κ1) is 19.0. The molecule has 3 heterocycles. The minimum atomic E-state index is 0. The molecule has 2 aromatic carbocycles. The van der Waals surface area contributed by atoms with Crippen LogP contribution in [0, 0.1) is 0 Å². The van der Waals surface area contributed by atoms with Crippen molar-refractivity contribution in [2.75, 3.05) is 18.0 Å². The van der Waals surface area contributed by atoms with E-state index in [2.05, 4.69) is 94.3 Å². The first-order valence-corrected chi connectivity index (χ1v) is 9.72. The van der Waals surface area contributed by atoms with Gasteiger partial charge in [0.2, 0.25) is 11.2 Å². The quantitative estimate of drug-likeness (QED) is 0.351. The monoisotopic (exact) mass is 481 g/mol. The lowest BCUT2D eigenvalue weighted by Gasteiger charge is -2.19. The lowest BCUT2D eigenvalue weighted by atomic mass is 10.1. The molecule has 5 rings (SSSR count). The highest BCUT2D eigenvalue weighted by Gasteiger charge is 2.20. The molecular formula is C24H24IN3. The lowest BCUT2D eigenvalue weighted by molar-refractivity contribution is -0.646. The number of anilines is 1. The van der Waals surface area contributed by atoms with Crippen LogP contribution in [0.15, 0.2) is 60.7 Å². The number of aromatic amines is 1. The van der Waals surface area contributed by atoms with Gasteiger partial charge in [0.05, 0.1) is 11.1 Å². The van der Waals surface area contributed by atoms with Gasteiger partial charge >= 0.3 is 0 Å². The number of aromatic nitrogens is 2. The normalized spacial score (nSPS) is 14.2. The van der Waals surface area contributed by atoms with Crippen LogP contribution >= 0.6 is 0 Å². The smallest absolute Gasteiger partial charge is 0.214 e. The van der Waals surface area contributed by atoms with E-state index in [1.165, 1.54) is 46.0 Å². The molecule has 2 aromatic heterocycles. The number of hydrogen-bond donors (Lipinski definition) is 1. The highest BCUT2D eigenvalue weighted by atomic mass is 127. The van der Waals surface area contributed by atoms with Gasteiger partial charge in [0.1, 0.15) is 7.05 Å². The van der Waals surface area contributed by atoms with Crippen LogP contribution < -0.4 is 33.4 Å². The average molecular weight is 481 g/mol. The van der Waals surface area contributed by atoms with E-state index in [1.807, 2.05) is 0 Å². The number of rotatable bonds is 3. The highest BCUT2D eigenvalue weighted by Crippen LogP contribution is 2.29. The molecule has 1 fully saturated rings. The minimum Gasteiger partial charge on any atom is -1.00 e. The first-order chi connectivity index (χ1) is 13.3. The Morgan fingerprint density at radius 3 is 2.50 bits per heavy atom. The van der Waals surface area contributed by atoms with E-state index in [0.29, 0.717) is 0 Å². The van der Waals surface area contributed by atoms with Gasteiger partial charge in [-0.05, 0) is 42.5 Å². The van der Waals surface area contributed by atoms with Crippen LogP contribution in [0.1, 0.15) is 24.2 Å². The Bertz CT molecular complexity index is 1120. The second kappa shape index (κ2) is 7.95. The third-order valence-corrected chi connectivity index (χ3v) is 5.64. The number of nitrogens with one attached hydrogen (secondary N) is 1. The highest BCUT2D eigenvalue weighted by molar-refractivity contribution is 5.91. The van der Waals surface area contributed by atoms with E-state index in [1.54, 1.807) is 0 Å². The number of H-pyrrole nitrogens is 1. The number of benzene rings is 2. The van der Waals surface area contributed by atoms with Crippen molar-refractivity contribution in [2.24, 2.45) is 7.05 Å². The van der Waals surface area contributed by atoms with Gasteiger partial charge < -0.3 is 33.9 Å². The van der Waals surface area contributed by atoms with Crippen LogP contribution in [0.5, 0.6) is 0 Å². The summed E-state index contributed by atoms with van der Waals surface area (Å²) in [5.41, 5.74) is 6.16. The first-order valence-electron chi connectivity index (χ1n) is 9.72. The molecule has 4 aromatic rings. The van der Waals surface area contributed by atoms with Crippen LogP contribution in [0.4, 0.5) is 5.69 Å². The van der Waals surface area contributed by atoms with Crippen LogP contribution in [0.25, 0.3) is 34.0 Å². The van der Waals surface area contributed by atoms with Crippen molar-refractivity contribution in [1.29, 1.82) is 0 Å². The van der Waals surface area contributed by atoms with E-state index in [-0.39, 0.29) is 24.0 Å². The molecule has 1 saturated heterocycles. The molecule has 4 heteroatoms. The summed E-state index contributed by atoms with van der Waals surface area (Å²) < 4.78 is 2.29. The van der Waals surface area contributed by atoms with Crippen LogP contribution in [0.3, 0.4) is 0 Å². The Labute approximate surface area is 182 Å². The Morgan fingerprint density at radius 1 is 0.929 bits per heavy atom. The zero-order chi connectivity index (χ0) is 18.2. The molecule has 0 radical (unpaired) electrons. The predicted molar refractivity (Wildman–Crippen MR) is 114 cm³/mol. The maximum absolute atomic E-state index is 3.49. The number of halogens is 1. The van der Waals surface area contributed by atoms with Crippen molar-refractivity contribution in [3.63, 3.8) is 0 Å². The number of para-hydroxylation sites is 2. The summed E-state index contributed by atoms with van der Waals surface area (Å²) >= 11 is 0. The second-order valence-corrected chi connectivity index (χ2v) is 7.37. The molecule has 1 aliphatic rings. The molecule has 0 unspecified atom stereocenters. The molecule has 0 atom stereocenters. The molecule has 142 valence electrons. The maximum atomic E-state index is 3.49. The molecular weight excluding hydrogens is 457 g/mol. The van der Waals surface area contributed by atoms with Crippen LogP contribution in [-0.2, 0) is 7.05 Å². The molecule has 0 saturated carbocycles. The van der Waals surface area contributed by atoms with Gasteiger partial charge in [-0.25, -0.2) is 0 Å². The second-order valence-electron chi connectivity index (χ2n) is 7.37. The van der Waals surface area contributed by atoms with Crippen molar-refractivity contribution >= 4 is 39.6 Å². The predicted octanol–water partition coefficient (Wildman–Crippen LogP) is 1.92. The third-order valence-electron chi connectivity index (χ3n) is 5.64. The summed E-state index contributed by atoms with van der Waals surface area (Å²) in [6.45, 7) is 2.31. The summed E-state index contributed by atoms with van der Waals surface area (Å²) in [5, 5.41) is 2.59. The largest absolute Gasteiger partial charge is 1.00 e. The van der Waals surface area contributed by atoms with Gasteiger partial charge in [-0.1, -0.05) is 30.3 Å². The fourth-order valence-electron chi connectivity index (χ4n) is 4.18. The molecule has 0 aliphatic carbocycles. The maximum Gasteiger partial charge on any atom is 0.214 e. The topological polar surface area (TPSA) is 22.9 Å². The number of fused-ring (bicyclic) bond motifs is 2.